The zero-order valence-corrected chi connectivity index (χ0v) is 25.0. The molecule has 5 rings (SSSR count). The van der Waals surface area contributed by atoms with E-state index in [2.05, 4.69) is 47.1 Å². The van der Waals surface area contributed by atoms with Crippen molar-refractivity contribution < 1.29 is 18.9 Å². The Morgan fingerprint density at radius 2 is 1.77 bits per heavy atom. The summed E-state index contributed by atoms with van der Waals surface area (Å²) in [5.41, 5.74) is 12.3. The molecule has 0 atom stereocenters. The topological polar surface area (TPSA) is 103 Å². The second kappa shape index (κ2) is 14.9. The van der Waals surface area contributed by atoms with E-state index in [9.17, 15) is 0 Å². The van der Waals surface area contributed by atoms with Crippen LogP contribution in [0.4, 0.5) is 0 Å². The number of hydrogen-bond acceptors (Lipinski definition) is 8. The molecule has 0 spiro atoms. The van der Waals surface area contributed by atoms with Gasteiger partial charge in [-0.15, -0.1) is 0 Å². The van der Waals surface area contributed by atoms with E-state index in [4.69, 9.17) is 41.5 Å². The highest BCUT2D eigenvalue weighted by atomic mass is 35.5. The zero-order valence-electron chi connectivity index (χ0n) is 24.2. The Balaban J connectivity index is 1.26. The lowest BCUT2D eigenvalue weighted by Gasteiger charge is -2.26. The summed E-state index contributed by atoms with van der Waals surface area (Å²) < 4.78 is 23.8. The maximum Gasteiger partial charge on any atom is 0.142 e. The molecule has 1 fully saturated rings. The smallest absolute Gasteiger partial charge is 0.142 e. The number of benzene rings is 3. The molecule has 1 aromatic heterocycles. The molecule has 3 aromatic carbocycles. The summed E-state index contributed by atoms with van der Waals surface area (Å²) in [4.78, 5) is 6.45. The van der Waals surface area contributed by atoms with Gasteiger partial charge in [-0.25, -0.2) is 0 Å². The Morgan fingerprint density at radius 3 is 2.58 bits per heavy atom. The van der Waals surface area contributed by atoms with Gasteiger partial charge in [0.25, 0.3) is 0 Å². The number of ether oxygens (including phenoxy) is 4. The van der Waals surface area contributed by atoms with Gasteiger partial charge in [-0.1, -0.05) is 41.9 Å². The zero-order chi connectivity index (χ0) is 30.0. The Hall–Kier alpha value is -4.13. The number of aromatic nitrogens is 1. The van der Waals surface area contributed by atoms with Gasteiger partial charge in [-0.05, 0) is 53.4 Å². The molecular weight excluding hydrogens is 564 g/mol. The van der Waals surface area contributed by atoms with Crippen LogP contribution < -0.4 is 19.9 Å². The minimum Gasteiger partial charge on any atom is -0.492 e. The summed E-state index contributed by atoms with van der Waals surface area (Å²) in [7, 11) is 0. The predicted octanol–water partition coefficient (Wildman–Crippen LogP) is 5.91. The Kier molecular flexibility index (Phi) is 10.5. The molecule has 1 aliphatic rings. The molecule has 8 nitrogen and oxygen atoms in total. The first-order valence-corrected chi connectivity index (χ1v) is 14.7. The third kappa shape index (κ3) is 8.04. The molecule has 9 heteroatoms. The van der Waals surface area contributed by atoms with E-state index in [-0.39, 0.29) is 13.2 Å². The van der Waals surface area contributed by atoms with E-state index in [1.165, 1.54) is 6.20 Å². The minimum absolute atomic E-state index is 0.230. The number of nitrogens with zero attached hydrogens (tertiary/aromatic N) is 3. The van der Waals surface area contributed by atoms with Gasteiger partial charge in [0.15, 0.2) is 0 Å². The average molecular weight is 599 g/mol. The molecule has 4 aromatic rings. The van der Waals surface area contributed by atoms with Crippen molar-refractivity contribution in [2.75, 3.05) is 39.5 Å². The van der Waals surface area contributed by atoms with Gasteiger partial charge in [0.05, 0.1) is 23.8 Å². The van der Waals surface area contributed by atoms with Crippen molar-refractivity contribution in [2.24, 2.45) is 5.73 Å². The lowest BCUT2D eigenvalue weighted by Crippen LogP contribution is -2.38. The molecule has 0 amide bonds. The summed E-state index contributed by atoms with van der Waals surface area (Å²) in [5.74, 6) is 1.92. The van der Waals surface area contributed by atoms with Crippen molar-refractivity contribution in [1.82, 2.24) is 9.88 Å². The van der Waals surface area contributed by atoms with Crippen LogP contribution in [0.3, 0.4) is 0 Å². The predicted molar refractivity (Wildman–Crippen MR) is 166 cm³/mol. The Morgan fingerprint density at radius 1 is 0.953 bits per heavy atom. The van der Waals surface area contributed by atoms with Crippen LogP contribution in [0.2, 0.25) is 5.02 Å². The van der Waals surface area contributed by atoms with Crippen LogP contribution in [0.1, 0.15) is 27.8 Å². The van der Waals surface area contributed by atoms with E-state index in [0.29, 0.717) is 35.3 Å². The van der Waals surface area contributed by atoms with Crippen molar-refractivity contribution >= 4 is 11.6 Å². The Labute approximate surface area is 257 Å². The number of morpholine rings is 1. The van der Waals surface area contributed by atoms with Crippen molar-refractivity contribution in [1.29, 1.82) is 5.26 Å². The lowest BCUT2D eigenvalue weighted by molar-refractivity contribution is 0.0322. The van der Waals surface area contributed by atoms with E-state index < -0.39 is 0 Å². The maximum atomic E-state index is 9.15. The minimum atomic E-state index is 0.230. The highest BCUT2D eigenvalue weighted by Gasteiger charge is 2.14. The molecule has 2 N–H and O–H groups in total. The van der Waals surface area contributed by atoms with Gasteiger partial charge in [-0.3, -0.25) is 9.88 Å². The van der Waals surface area contributed by atoms with Gasteiger partial charge in [-0.2, -0.15) is 5.26 Å². The first-order valence-electron chi connectivity index (χ1n) is 14.3. The molecule has 2 heterocycles. The summed E-state index contributed by atoms with van der Waals surface area (Å²) in [6.45, 7) is 7.88. The van der Waals surface area contributed by atoms with Crippen LogP contribution in [0.15, 0.2) is 73.1 Å². The van der Waals surface area contributed by atoms with Crippen molar-refractivity contribution in [3.63, 3.8) is 0 Å². The molecule has 0 radical (unpaired) electrons. The molecule has 0 bridgehead atoms. The number of nitrogens with two attached hydrogens (primary N) is 1. The van der Waals surface area contributed by atoms with Crippen LogP contribution in [0, 0.1) is 18.3 Å². The van der Waals surface area contributed by atoms with E-state index in [1.54, 1.807) is 24.4 Å². The van der Waals surface area contributed by atoms with Gasteiger partial charge >= 0.3 is 0 Å². The third-order valence-corrected chi connectivity index (χ3v) is 7.70. The normalized spacial score (nSPS) is 13.3. The number of halogens is 1. The van der Waals surface area contributed by atoms with E-state index in [0.717, 1.165) is 72.0 Å². The SMILES string of the molecule is Cc1c(COc2cc(OCc3cncc(C#N)c3)c(CN)cc2Cl)cccc1-c1cccc(OCCN2CCOCC2)c1. The third-order valence-electron chi connectivity index (χ3n) is 7.41. The molecule has 0 unspecified atom stereocenters. The van der Waals surface area contributed by atoms with E-state index in [1.807, 2.05) is 18.2 Å². The molecule has 0 saturated carbocycles. The average Bonchev–Trinajstić information content (AvgIpc) is 3.04. The number of rotatable bonds is 12. The van der Waals surface area contributed by atoms with Crippen LogP contribution >= 0.6 is 11.6 Å². The van der Waals surface area contributed by atoms with Crippen molar-refractivity contribution in [3.8, 4) is 34.4 Å². The lowest BCUT2D eigenvalue weighted by atomic mass is 9.96. The summed E-state index contributed by atoms with van der Waals surface area (Å²) >= 11 is 6.57. The quantitative estimate of drug-likeness (QED) is 0.215. The van der Waals surface area contributed by atoms with Gasteiger partial charge in [0.2, 0.25) is 0 Å². The second-order valence-electron chi connectivity index (χ2n) is 10.3. The van der Waals surface area contributed by atoms with Crippen LogP contribution in [0.5, 0.6) is 17.2 Å². The molecular formula is C34H35ClN4O4. The Bertz CT molecular complexity index is 1580. The maximum absolute atomic E-state index is 9.15. The first kappa shape index (κ1) is 30.3. The highest BCUT2D eigenvalue weighted by Crippen LogP contribution is 2.35. The second-order valence-corrected chi connectivity index (χ2v) is 10.7. The summed E-state index contributed by atoms with van der Waals surface area (Å²) in [5, 5.41) is 9.60. The molecule has 1 saturated heterocycles. The van der Waals surface area contributed by atoms with Crippen molar-refractivity contribution in [2.45, 2.75) is 26.7 Å². The van der Waals surface area contributed by atoms with Gasteiger partial charge < -0.3 is 24.7 Å². The fraction of sp³-hybridized carbons (Fsp3) is 0.294. The highest BCUT2D eigenvalue weighted by molar-refractivity contribution is 6.32. The standard InChI is InChI=1S/C34H35ClN4O4/c1-24-28(5-3-7-31(24)27-4-2-6-30(15-27)41-13-10-39-8-11-40-12-9-39)23-43-34-17-33(29(19-37)16-32(34)35)42-22-26-14-25(18-36)20-38-21-26/h2-7,14-17,20-21H,8-13,19,22-23,37H2,1H3. The first-order chi connectivity index (χ1) is 21.0. The largest absolute Gasteiger partial charge is 0.492 e. The molecule has 43 heavy (non-hydrogen) atoms. The van der Waals surface area contributed by atoms with Crippen molar-refractivity contribution in [3.05, 3.63) is 106 Å². The fourth-order valence-corrected chi connectivity index (χ4v) is 5.19. The number of pyridine rings is 1. The molecule has 222 valence electrons. The fourth-order valence-electron chi connectivity index (χ4n) is 4.95. The van der Waals surface area contributed by atoms with Crippen LogP contribution in [-0.4, -0.2) is 49.3 Å². The number of nitriles is 1. The van der Waals surface area contributed by atoms with Crippen LogP contribution in [0.25, 0.3) is 11.1 Å². The summed E-state index contributed by atoms with van der Waals surface area (Å²) in [6.07, 6.45) is 3.18. The molecule has 1 aliphatic heterocycles. The van der Waals surface area contributed by atoms with Crippen LogP contribution in [-0.2, 0) is 24.5 Å². The van der Waals surface area contributed by atoms with Gasteiger partial charge in [0, 0.05) is 55.8 Å². The molecule has 0 aliphatic carbocycles. The summed E-state index contributed by atoms with van der Waals surface area (Å²) in [6, 6.07) is 21.8. The monoisotopic (exact) mass is 598 g/mol. The number of hydrogen-bond donors (Lipinski definition) is 1. The van der Waals surface area contributed by atoms with Gasteiger partial charge in [0.1, 0.15) is 43.1 Å². The van der Waals surface area contributed by atoms with E-state index >= 15 is 0 Å².